The Morgan fingerprint density at radius 3 is 2.91 bits per heavy atom. The van der Waals surface area contributed by atoms with Crippen molar-refractivity contribution in [2.45, 2.75) is 19.4 Å². The molecule has 3 nitrogen and oxygen atoms in total. The topological polar surface area (TPSA) is 36.1 Å². The average Bonchev–Trinajstić information content (AvgIpc) is 3.06. The van der Waals surface area contributed by atoms with Gasteiger partial charge in [0.05, 0.1) is 0 Å². The lowest BCUT2D eigenvalue weighted by molar-refractivity contribution is 0.0977. The summed E-state index contributed by atoms with van der Waals surface area (Å²) in [6, 6.07) is 16.2. The summed E-state index contributed by atoms with van der Waals surface area (Å²) >= 11 is 3.46. The highest BCUT2D eigenvalue weighted by Crippen LogP contribution is 2.33. The van der Waals surface area contributed by atoms with Gasteiger partial charge in [0.25, 0.3) is 5.91 Å². The first-order valence-electron chi connectivity index (χ1n) is 7.33. The van der Waals surface area contributed by atoms with Crippen LogP contribution in [0.1, 0.15) is 23.0 Å². The maximum atomic E-state index is 13.0. The number of carbonyl (C=O) groups is 1. The number of halogens is 1. The molecular weight excluding hydrogens is 340 g/mol. The average molecular weight is 355 g/mol. The van der Waals surface area contributed by atoms with Gasteiger partial charge < -0.3 is 9.88 Å². The van der Waals surface area contributed by atoms with E-state index in [1.165, 1.54) is 5.56 Å². The lowest BCUT2D eigenvalue weighted by atomic mass is 10.1. The summed E-state index contributed by atoms with van der Waals surface area (Å²) in [6.45, 7) is 2.09. The minimum atomic E-state index is 0.0322. The maximum Gasteiger partial charge on any atom is 0.274 e. The maximum absolute atomic E-state index is 13.0. The second kappa shape index (κ2) is 4.99. The first kappa shape index (κ1) is 13.6. The van der Waals surface area contributed by atoms with Gasteiger partial charge in [-0.05, 0) is 43.2 Å². The van der Waals surface area contributed by atoms with E-state index < -0.39 is 0 Å². The van der Waals surface area contributed by atoms with Gasteiger partial charge in [0.2, 0.25) is 0 Å². The van der Waals surface area contributed by atoms with Gasteiger partial charge in [-0.3, -0.25) is 4.79 Å². The Balaban J connectivity index is 1.77. The number of carbonyl (C=O) groups excluding carboxylic acids is 1. The highest BCUT2D eigenvalue weighted by atomic mass is 79.9. The van der Waals surface area contributed by atoms with E-state index in [1.807, 2.05) is 47.4 Å². The summed E-state index contributed by atoms with van der Waals surface area (Å²) < 4.78 is 1.00. The van der Waals surface area contributed by atoms with Crippen molar-refractivity contribution in [3.8, 4) is 0 Å². The molecule has 0 spiro atoms. The molecule has 2 heterocycles. The lowest BCUT2D eigenvalue weighted by Crippen LogP contribution is -2.35. The fourth-order valence-electron chi connectivity index (χ4n) is 3.22. The summed E-state index contributed by atoms with van der Waals surface area (Å²) in [6.07, 6.45) is 0.910. The molecule has 2 aromatic carbocycles. The molecular formula is C18H15BrN2O. The Hall–Kier alpha value is -2.07. The number of hydrogen-bond donors (Lipinski definition) is 1. The van der Waals surface area contributed by atoms with Gasteiger partial charge in [0.15, 0.2) is 0 Å². The van der Waals surface area contributed by atoms with Crippen molar-refractivity contribution in [1.29, 1.82) is 0 Å². The van der Waals surface area contributed by atoms with E-state index in [1.54, 1.807) is 0 Å². The highest BCUT2D eigenvalue weighted by molar-refractivity contribution is 9.10. The fourth-order valence-corrected chi connectivity index (χ4v) is 3.58. The van der Waals surface area contributed by atoms with Crippen molar-refractivity contribution in [2.75, 3.05) is 4.90 Å². The fraction of sp³-hybridized carbons (Fsp3) is 0.167. The molecule has 4 heteroatoms. The van der Waals surface area contributed by atoms with Crippen molar-refractivity contribution in [2.24, 2.45) is 0 Å². The second-order valence-electron chi connectivity index (χ2n) is 5.77. The zero-order valence-corrected chi connectivity index (χ0v) is 13.7. The smallest absolute Gasteiger partial charge is 0.274 e. The number of rotatable bonds is 1. The van der Waals surface area contributed by atoms with E-state index in [2.05, 4.69) is 33.9 Å². The van der Waals surface area contributed by atoms with Crippen molar-refractivity contribution >= 4 is 38.4 Å². The van der Waals surface area contributed by atoms with Crippen LogP contribution in [0.15, 0.2) is 53.0 Å². The number of hydrogen-bond acceptors (Lipinski definition) is 1. The van der Waals surface area contributed by atoms with Gasteiger partial charge in [0.1, 0.15) is 5.69 Å². The molecule has 22 heavy (non-hydrogen) atoms. The molecule has 0 saturated carbocycles. The van der Waals surface area contributed by atoms with Crippen LogP contribution in [0.25, 0.3) is 10.9 Å². The molecule has 1 unspecified atom stereocenters. The van der Waals surface area contributed by atoms with Crippen LogP contribution in [0.5, 0.6) is 0 Å². The molecule has 1 aromatic heterocycles. The molecule has 110 valence electrons. The number of anilines is 1. The molecule has 1 amide bonds. The quantitative estimate of drug-likeness (QED) is 0.684. The molecule has 0 aliphatic carbocycles. The minimum absolute atomic E-state index is 0.0322. The Labute approximate surface area is 137 Å². The van der Waals surface area contributed by atoms with E-state index in [0.29, 0.717) is 5.69 Å². The normalized spacial score (nSPS) is 17.0. The summed E-state index contributed by atoms with van der Waals surface area (Å²) in [5.41, 5.74) is 3.87. The van der Waals surface area contributed by atoms with E-state index in [-0.39, 0.29) is 11.9 Å². The van der Waals surface area contributed by atoms with Crippen LogP contribution in [0.3, 0.4) is 0 Å². The molecule has 4 rings (SSSR count). The highest BCUT2D eigenvalue weighted by Gasteiger charge is 2.31. The number of amides is 1. The van der Waals surface area contributed by atoms with Crippen molar-refractivity contribution in [3.63, 3.8) is 0 Å². The Bertz CT molecular complexity index is 884. The number of benzene rings is 2. The van der Waals surface area contributed by atoms with E-state index in [0.717, 1.165) is 27.5 Å². The molecule has 1 aliphatic heterocycles. The predicted molar refractivity (Wildman–Crippen MR) is 92.4 cm³/mol. The number of aromatic nitrogens is 1. The van der Waals surface area contributed by atoms with Crippen molar-refractivity contribution in [3.05, 3.63) is 64.3 Å². The Kier molecular flexibility index (Phi) is 3.08. The standard InChI is InChI=1S/C18H15BrN2O/c1-11-8-13-4-2-3-5-17(13)21(11)18(22)16-9-12-6-7-14(19)10-15(12)20-16/h2-7,9-11,20H,8H2,1H3. The van der Waals surface area contributed by atoms with Crippen LogP contribution in [0, 0.1) is 0 Å². The molecule has 0 bridgehead atoms. The molecule has 1 N–H and O–H groups in total. The SMILES string of the molecule is CC1Cc2ccccc2N1C(=O)c1cc2ccc(Br)cc2[nH]1. The number of nitrogens with zero attached hydrogens (tertiary/aromatic N) is 1. The summed E-state index contributed by atoms with van der Waals surface area (Å²) in [4.78, 5) is 18.1. The van der Waals surface area contributed by atoms with Crippen LogP contribution in [-0.4, -0.2) is 16.9 Å². The number of fused-ring (bicyclic) bond motifs is 2. The first-order valence-corrected chi connectivity index (χ1v) is 8.12. The van der Waals surface area contributed by atoms with Gasteiger partial charge in [-0.1, -0.05) is 40.2 Å². The predicted octanol–water partition coefficient (Wildman–Crippen LogP) is 4.52. The van der Waals surface area contributed by atoms with E-state index in [9.17, 15) is 4.79 Å². The number of nitrogens with one attached hydrogen (secondary N) is 1. The Morgan fingerprint density at radius 1 is 1.23 bits per heavy atom. The summed E-state index contributed by atoms with van der Waals surface area (Å²) in [7, 11) is 0. The third-order valence-electron chi connectivity index (χ3n) is 4.24. The van der Waals surface area contributed by atoms with Gasteiger partial charge in [-0.2, -0.15) is 0 Å². The number of para-hydroxylation sites is 1. The molecule has 1 atom stereocenters. The van der Waals surface area contributed by atoms with Gasteiger partial charge in [-0.25, -0.2) is 0 Å². The zero-order chi connectivity index (χ0) is 15.3. The third kappa shape index (κ3) is 2.06. The lowest BCUT2D eigenvalue weighted by Gasteiger charge is -2.22. The molecule has 0 fully saturated rings. The van der Waals surface area contributed by atoms with E-state index >= 15 is 0 Å². The van der Waals surface area contributed by atoms with Crippen LogP contribution in [0.2, 0.25) is 0 Å². The molecule has 3 aromatic rings. The molecule has 0 radical (unpaired) electrons. The second-order valence-corrected chi connectivity index (χ2v) is 6.69. The number of aromatic amines is 1. The zero-order valence-electron chi connectivity index (χ0n) is 12.1. The van der Waals surface area contributed by atoms with Gasteiger partial charge in [-0.15, -0.1) is 0 Å². The van der Waals surface area contributed by atoms with Crippen LogP contribution < -0.4 is 4.90 Å². The summed E-state index contributed by atoms with van der Waals surface area (Å²) in [5, 5.41) is 1.05. The third-order valence-corrected chi connectivity index (χ3v) is 4.73. The van der Waals surface area contributed by atoms with E-state index in [4.69, 9.17) is 0 Å². The monoisotopic (exact) mass is 354 g/mol. The van der Waals surface area contributed by atoms with Gasteiger partial charge >= 0.3 is 0 Å². The van der Waals surface area contributed by atoms with Crippen LogP contribution in [-0.2, 0) is 6.42 Å². The molecule has 0 saturated heterocycles. The summed E-state index contributed by atoms with van der Waals surface area (Å²) in [5.74, 6) is 0.0322. The van der Waals surface area contributed by atoms with Crippen LogP contribution in [0.4, 0.5) is 5.69 Å². The molecule has 1 aliphatic rings. The largest absolute Gasteiger partial charge is 0.350 e. The van der Waals surface area contributed by atoms with Crippen molar-refractivity contribution < 1.29 is 4.79 Å². The van der Waals surface area contributed by atoms with Crippen LogP contribution >= 0.6 is 15.9 Å². The van der Waals surface area contributed by atoms with Gasteiger partial charge in [0, 0.05) is 27.1 Å². The van der Waals surface area contributed by atoms with Crippen molar-refractivity contribution in [1.82, 2.24) is 4.98 Å². The Morgan fingerprint density at radius 2 is 2.05 bits per heavy atom. The number of H-pyrrole nitrogens is 1. The minimum Gasteiger partial charge on any atom is -0.350 e. The first-order chi connectivity index (χ1) is 10.6.